The van der Waals surface area contributed by atoms with Gasteiger partial charge in [0.25, 0.3) is 5.91 Å². The molecule has 3 rings (SSSR count). The first-order chi connectivity index (χ1) is 14.3. The average Bonchev–Trinajstić information content (AvgIpc) is 2.73. The molecule has 0 unspecified atom stereocenters. The highest BCUT2D eigenvalue weighted by Gasteiger charge is 2.20. The molecule has 0 atom stereocenters. The van der Waals surface area contributed by atoms with Gasteiger partial charge < -0.3 is 5.32 Å². The van der Waals surface area contributed by atoms with Crippen molar-refractivity contribution in [3.05, 3.63) is 101 Å². The van der Waals surface area contributed by atoms with E-state index in [1.165, 1.54) is 17.4 Å². The first-order valence-corrected chi connectivity index (χ1v) is 10.8. The molecule has 0 saturated heterocycles. The normalized spacial score (nSPS) is 11.5. The Bertz CT molecular complexity index is 1130. The van der Waals surface area contributed by atoms with Crippen LogP contribution in [0.4, 0.5) is 4.39 Å². The molecule has 0 heterocycles. The van der Waals surface area contributed by atoms with E-state index in [0.29, 0.717) is 11.1 Å². The van der Waals surface area contributed by atoms with E-state index in [-0.39, 0.29) is 29.7 Å². The Morgan fingerprint density at radius 2 is 1.60 bits per heavy atom. The van der Waals surface area contributed by atoms with Crippen molar-refractivity contribution < 1.29 is 17.6 Å². The predicted octanol–water partition coefficient (Wildman–Crippen LogP) is 3.88. The number of aryl methyl sites for hydroxylation is 1. The van der Waals surface area contributed by atoms with Crippen molar-refractivity contribution in [3.8, 4) is 0 Å². The summed E-state index contributed by atoms with van der Waals surface area (Å²) in [7, 11) is -2.09. The quantitative estimate of drug-likeness (QED) is 0.623. The van der Waals surface area contributed by atoms with Crippen LogP contribution in [0.3, 0.4) is 0 Å². The fourth-order valence-corrected chi connectivity index (χ4v) is 4.07. The van der Waals surface area contributed by atoms with Gasteiger partial charge in [0.15, 0.2) is 0 Å². The number of halogens is 1. The molecule has 0 saturated carbocycles. The highest BCUT2D eigenvalue weighted by atomic mass is 32.2. The lowest BCUT2D eigenvalue weighted by Gasteiger charge is -2.17. The second-order valence-corrected chi connectivity index (χ2v) is 9.09. The summed E-state index contributed by atoms with van der Waals surface area (Å²) < 4.78 is 40.3. The van der Waals surface area contributed by atoms with E-state index in [1.807, 2.05) is 6.92 Å². The molecule has 3 aromatic rings. The van der Waals surface area contributed by atoms with Gasteiger partial charge in [-0.1, -0.05) is 48.0 Å². The SMILES string of the molecule is Cc1ccc(S(=O)(=O)N(C)Cc2ccc(C(=O)NCc3ccccc3F)cc2)cc1. The maximum Gasteiger partial charge on any atom is 0.251 e. The van der Waals surface area contributed by atoms with Crippen LogP contribution in [0.2, 0.25) is 0 Å². The van der Waals surface area contributed by atoms with Gasteiger partial charge in [0, 0.05) is 31.3 Å². The van der Waals surface area contributed by atoms with E-state index in [4.69, 9.17) is 0 Å². The Balaban J connectivity index is 1.63. The van der Waals surface area contributed by atoms with Crippen molar-refractivity contribution >= 4 is 15.9 Å². The topological polar surface area (TPSA) is 66.5 Å². The molecule has 1 amide bonds. The fraction of sp³-hybridized carbons (Fsp3) is 0.174. The van der Waals surface area contributed by atoms with E-state index >= 15 is 0 Å². The summed E-state index contributed by atoms with van der Waals surface area (Å²) >= 11 is 0. The number of sulfonamides is 1. The summed E-state index contributed by atoms with van der Waals surface area (Å²) in [5, 5.41) is 2.68. The Hall–Kier alpha value is -3.03. The lowest BCUT2D eigenvalue weighted by molar-refractivity contribution is 0.0950. The summed E-state index contributed by atoms with van der Waals surface area (Å²) in [6.45, 7) is 2.16. The number of carbonyl (C=O) groups excluding carboxylic acids is 1. The Morgan fingerprint density at radius 3 is 2.23 bits per heavy atom. The zero-order valence-electron chi connectivity index (χ0n) is 16.8. The largest absolute Gasteiger partial charge is 0.348 e. The summed E-state index contributed by atoms with van der Waals surface area (Å²) in [5.41, 5.74) is 2.56. The van der Waals surface area contributed by atoms with E-state index < -0.39 is 10.0 Å². The maximum atomic E-state index is 13.7. The van der Waals surface area contributed by atoms with Gasteiger partial charge in [0.2, 0.25) is 10.0 Å². The molecule has 1 N–H and O–H groups in total. The first kappa shape index (κ1) is 21.7. The molecule has 0 aliphatic heterocycles. The van der Waals surface area contributed by atoms with Crippen molar-refractivity contribution in [1.29, 1.82) is 0 Å². The lowest BCUT2D eigenvalue weighted by atomic mass is 10.1. The zero-order chi connectivity index (χ0) is 21.7. The van der Waals surface area contributed by atoms with Crippen LogP contribution in [0.15, 0.2) is 77.7 Å². The third-order valence-electron chi connectivity index (χ3n) is 4.75. The standard InChI is InChI=1S/C23H23FN2O3S/c1-17-7-13-21(14-8-17)30(28,29)26(2)16-18-9-11-19(12-10-18)23(27)25-15-20-5-3-4-6-22(20)24/h3-14H,15-16H2,1-2H3,(H,25,27). The van der Waals surface area contributed by atoms with Crippen LogP contribution in [-0.4, -0.2) is 25.7 Å². The number of carbonyl (C=O) groups is 1. The average molecular weight is 427 g/mol. The summed E-state index contributed by atoms with van der Waals surface area (Å²) in [4.78, 5) is 12.5. The van der Waals surface area contributed by atoms with Crippen LogP contribution in [0.5, 0.6) is 0 Å². The van der Waals surface area contributed by atoms with Gasteiger partial charge >= 0.3 is 0 Å². The van der Waals surface area contributed by atoms with Crippen molar-refractivity contribution in [2.24, 2.45) is 0 Å². The Labute approximate surface area is 176 Å². The van der Waals surface area contributed by atoms with Gasteiger partial charge in [0.05, 0.1) is 4.90 Å². The summed E-state index contributed by atoms with van der Waals surface area (Å²) in [5.74, 6) is -0.698. The monoisotopic (exact) mass is 426 g/mol. The molecule has 0 aliphatic rings. The van der Waals surface area contributed by atoms with Gasteiger partial charge in [-0.2, -0.15) is 4.31 Å². The molecule has 0 radical (unpaired) electrons. The van der Waals surface area contributed by atoms with Crippen LogP contribution >= 0.6 is 0 Å². The smallest absolute Gasteiger partial charge is 0.251 e. The van der Waals surface area contributed by atoms with Crippen LogP contribution < -0.4 is 5.32 Å². The van der Waals surface area contributed by atoms with Crippen molar-refractivity contribution in [1.82, 2.24) is 9.62 Å². The minimum Gasteiger partial charge on any atom is -0.348 e. The van der Waals surface area contributed by atoms with E-state index in [2.05, 4.69) is 5.32 Å². The molecule has 30 heavy (non-hydrogen) atoms. The molecule has 5 nitrogen and oxygen atoms in total. The minimum atomic E-state index is -3.61. The van der Waals surface area contributed by atoms with Gasteiger partial charge in [0.1, 0.15) is 5.82 Å². The van der Waals surface area contributed by atoms with Gasteiger partial charge in [-0.05, 0) is 42.8 Å². The van der Waals surface area contributed by atoms with Gasteiger partial charge in [-0.15, -0.1) is 0 Å². The highest BCUT2D eigenvalue weighted by Crippen LogP contribution is 2.18. The second-order valence-electron chi connectivity index (χ2n) is 7.05. The zero-order valence-corrected chi connectivity index (χ0v) is 17.6. The van der Waals surface area contributed by atoms with Crippen molar-refractivity contribution in [2.45, 2.75) is 24.9 Å². The van der Waals surface area contributed by atoms with Gasteiger partial charge in [-0.3, -0.25) is 4.79 Å². The molecular formula is C23H23FN2O3S. The third-order valence-corrected chi connectivity index (χ3v) is 6.57. The molecule has 7 heteroatoms. The fourth-order valence-electron chi connectivity index (χ4n) is 2.91. The Morgan fingerprint density at radius 1 is 0.967 bits per heavy atom. The number of amides is 1. The molecule has 156 valence electrons. The van der Waals surface area contributed by atoms with Crippen LogP contribution in [-0.2, 0) is 23.1 Å². The van der Waals surface area contributed by atoms with Crippen LogP contribution in [0.25, 0.3) is 0 Å². The second kappa shape index (κ2) is 9.19. The molecule has 0 fully saturated rings. The number of nitrogens with one attached hydrogen (secondary N) is 1. The highest BCUT2D eigenvalue weighted by molar-refractivity contribution is 7.89. The summed E-state index contributed by atoms with van der Waals surface area (Å²) in [6, 6.07) is 19.6. The number of nitrogens with zero attached hydrogens (tertiary/aromatic N) is 1. The molecule has 0 aliphatic carbocycles. The lowest BCUT2D eigenvalue weighted by Crippen LogP contribution is -2.26. The minimum absolute atomic E-state index is 0.0881. The maximum absolute atomic E-state index is 13.7. The number of hydrogen-bond donors (Lipinski definition) is 1. The van der Waals surface area contributed by atoms with Crippen molar-refractivity contribution in [2.75, 3.05) is 7.05 Å². The number of benzene rings is 3. The molecular weight excluding hydrogens is 403 g/mol. The first-order valence-electron chi connectivity index (χ1n) is 9.41. The molecule has 3 aromatic carbocycles. The van der Waals surface area contributed by atoms with Crippen molar-refractivity contribution in [3.63, 3.8) is 0 Å². The molecule has 0 spiro atoms. The predicted molar refractivity (Wildman–Crippen MR) is 114 cm³/mol. The third kappa shape index (κ3) is 5.11. The number of rotatable bonds is 7. The van der Waals surface area contributed by atoms with E-state index in [9.17, 15) is 17.6 Å². The number of hydrogen-bond acceptors (Lipinski definition) is 3. The Kier molecular flexibility index (Phi) is 6.64. The summed E-state index contributed by atoms with van der Waals surface area (Å²) in [6.07, 6.45) is 0. The van der Waals surface area contributed by atoms with E-state index in [0.717, 1.165) is 11.1 Å². The molecule has 0 aromatic heterocycles. The van der Waals surface area contributed by atoms with E-state index in [1.54, 1.807) is 66.7 Å². The molecule has 0 bridgehead atoms. The van der Waals surface area contributed by atoms with Gasteiger partial charge in [-0.25, -0.2) is 12.8 Å². The van der Waals surface area contributed by atoms with Crippen LogP contribution in [0.1, 0.15) is 27.0 Å². The van der Waals surface area contributed by atoms with Crippen LogP contribution in [0, 0.1) is 12.7 Å².